The minimum Gasteiger partial charge on any atom is -0.478 e. The predicted molar refractivity (Wildman–Crippen MR) is 74.4 cm³/mol. The van der Waals surface area contributed by atoms with Gasteiger partial charge >= 0.3 is 5.97 Å². The molecule has 2 aromatic carbocycles. The van der Waals surface area contributed by atoms with Gasteiger partial charge in [-0.15, -0.1) is 0 Å². The zero-order chi connectivity index (χ0) is 13.7. The van der Waals surface area contributed by atoms with Crippen LogP contribution >= 0.6 is 0 Å². The molecule has 3 nitrogen and oxygen atoms in total. The maximum absolute atomic E-state index is 10.9. The minimum atomic E-state index is -0.904. The number of carboxylic acids is 1. The number of hydrogen-bond donors (Lipinski definition) is 1. The minimum absolute atomic E-state index is 0.306. The summed E-state index contributed by atoms with van der Waals surface area (Å²) in [5.74, 6) is -0.904. The Hall–Kier alpha value is -2.13. The molecule has 1 N–H and O–H groups in total. The number of carbonyl (C=O) groups is 1. The lowest BCUT2D eigenvalue weighted by molar-refractivity contribution is 0.0697. The van der Waals surface area contributed by atoms with Crippen molar-refractivity contribution in [3.05, 3.63) is 59.7 Å². The summed E-state index contributed by atoms with van der Waals surface area (Å²) < 4.78 is 5.04. The quantitative estimate of drug-likeness (QED) is 0.893. The maximum atomic E-state index is 10.9. The molecule has 0 unspecified atom stereocenters. The van der Waals surface area contributed by atoms with E-state index in [9.17, 15) is 4.79 Å². The van der Waals surface area contributed by atoms with Crippen LogP contribution in [-0.4, -0.2) is 24.8 Å². The number of ether oxygens (including phenoxy) is 1. The van der Waals surface area contributed by atoms with Crippen molar-refractivity contribution in [1.82, 2.24) is 0 Å². The molecular formula is C16H16O3. The van der Waals surface area contributed by atoms with Crippen molar-refractivity contribution in [3.8, 4) is 11.1 Å². The first-order valence-electron chi connectivity index (χ1n) is 6.12. The van der Waals surface area contributed by atoms with Crippen LogP contribution in [0.1, 0.15) is 15.9 Å². The Morgan fingerprint density at radius 3 is 2.47 bits per heavy atom. The van der Waals surface area contributed by atoms with Gasteiger partial charge in [-0.25, -0.2) is 4.79 Å². The Balaban J connectivity index is 2.22. The van der Waals surface area contributed by atoms with Crippen LogP contribution in [0.3, 0.4) is 0 Å². The third-order valence-electron chi connectivity index (χ3n) is 2.99. The standard InChI is InChI=1S/C16H16O3/c1-19-10-9-12-5-7-13(8-6-12)14-3-2-4-15(11-14)16(17)18/h2-8,11H,9-10H2,1H3,(H,17,18). The van der Waals surface area contributed by atoms with Crippen molar-refractivity contribution in [3.63, 3.8) is 0 Å². The van der Waals surface area contributed by atoms with Crippen LogP contribution < -0.4 is 0 Å². The van der Waals surface area contributed by atoms with Crippen molar-refractivity contribution in [1.29, 1.82) is 0 Å². The molecule has 0 fully saturated rings. The molecule has 2 rings (SSSR count). The average molecular weight is 256 g/mol. The first kappa shape index (κ1) is 13.3. The number of methoxy groups -OCH3 is 1. The van der Waals surface area contributed by atoms with E-state index in [1.54, 1.807) is 25.3 Å². The normalized spacial score (nSPS) is 10.4. The summed E-state index contributed by atoms with van der Waals surface area (Å²) in [6.07, 6.45) is 0.881. The second-order valence-electron chi connectivity index (χ2n) is 4.33. The molecule has 0 aliphatic heterocycles. The van der Waals surface area contributed by atoms with Crippen molar-refractivity contribution in [2.75, 3.05) is 13.7 Å². The Kier molecular flexibility index (Phi) is 4.31. The molecule has 0 radical (unpaired) electrons. The fourth-order valence-electron chi connectivity index (χ4n) is 1.92. The molecule has 0 bridgehead atoms. The highest BCUT2D eigenvalue weighted by atomic mass is 16.5. The van der Waals surface area contributed by atoms with E-state index < -0.39 is 5.97 Å². The summed E-state index contributed by atoms with van der Waals surface area (Å²) in [7, 11) is 1.69. The van der Waals surface area contributed by atoms with Crippen LogP contribution in [0.15, 0.2) is 48.5 Å². The third kappa shape index (κ3) is 3.42. The first-order chi connectivity index (χ1) is 9.20. The number of hydrogen-bond acceptors (Lipinski definition) is 2. The second-order valence-corrected chi connectivity index (χ2v) is 4.33. The molecular weight excluding hydrogens is 240 g/mol. The summed E-state index contributed by atoms with van der Waals surface area (Å²) in [4.78, 5) is 10.9. The van der Waals surface area contributed by atoms with Crippen LogP contribution in [0.4, 0.5) is 0 Å². The van der Waals surface area contributed by atoms with E-state index in [0.717, 1.165) is 17.5 Å². The average Bonchev–Trinajstić information content (AvgIpc) is 2.46. The summed E-state index contributed by atoms with van der Waals surface area (Å²) in [6.45, 7) is 0.702. The van der Waals surface area contributed by atoms with E-state index in [4.69, 9.17) is 9.84 Å². The lowest BCUT2D eigenvalue weighted by Crippen LogP contribution is -1.96. The third-order valence-corrected chi connectivity index (χ3v) is 2.99. The van der Waals surface area contributed by atoms with E-state index in [0.29, 0.717) is 12.2 Å². The fourth-order valence-corrected chi connectivity index (χ4v) is 1.92. The van der Waals surface area contributed by atoms with Gasteiger partial charge in [0.1, 0.15) is 0 Å². The molecule has 0 amide bonds. The first-order valence-corrected chi connectivity index (χ1v) is 6.12. The zero-order valence-electron chi connectivity index (χ0n) is 10.8. The van der Waals surface area contributed by atoms with Crippen molar-refractivity contribution in [2.45, 2.75) is 6.42 Å². The van der Waals surface area contributed by atoms with Crippen molar-refractivity contribution in [2.24, 2.45) is 0 Å². The topological polar surface area (TPSA) is 46.5 Å². The lowest BCUT2D eigenvalue weighted by atomic mass is 10.0. The van der Waals surface area contributed by atoms with E-state index in [-0.39, 0.29) is 0 Å². The molecule has 0 aromatic heterocycles. The van der Waals surface area contributed by atoms with Crippen molar-refractivity contribution >= 4 is 5.97 Å². The van der Waals surface area contributed by atoms with Gasteiger partial charge in [-0.1, -0.05) is 36.4 Å². The van der Waals surface area contributed by atoms with Gasteiger partial charge in [0.05, 0.1) is 12.2 Å². The SMILES string of the molecule is COCCc1ccc(-c2cccc(C(=O)O)c2)cc1. The highest BCUT2D eigenvalue weighted by Gasteiger charge is 2.04. The highest BCUT2D eigenvalue weighted by molar-refractivity contribution is 5.89. The van der Waals surface area contributed by atoms with Crippen molar-refractivity contribution < 1.29 is 14.6 Å². The summed E-state index contributed by atoms with van der Waals surface area (Å²) in [5.41, 5.74) is 3.45. The van der Waals surface area contributed by atoms with E-state index >= 15 is 0 Å². The van der Waals surface area contributed by atoms with Crippen LogP contribution in [0.25, 0.3) is 11.1 Å². The second kappa shape index (κ2) is 6.16. The molecule has 0 aliphatic rings. The monoisotopic (exact) mass is 256 g/mol. The molecule has 3 heteroatoms. The Morgan fingerprint density at radius 2 is 1.84 bits per heavy atom. The number of rotatable bonds is 5. The number of benzene rings is 2. The zero-order valence-corrected chi connectivity index (χ0v) is 10.8. The van der Waals surface area contributed by atoms with Gasteiger partial charge in [-0.05, 0) is 35.2 Å². The Morgan fingerprint density at radius 1 is 1.11 bits per heavy atom. The molecule has 0 saturated heterocycles. The Labute approximate surface area is 112 Å². The molecule has 0 saturated carbocycles. The van der Waals surface area contributed by atoms with E-state index in [1.165, 1.54) is 5.56 Å². The molecule has 0 spiro atoms. The maximum Gasteiger partial charge on any atom is 0.335 e. The largest absolute Gasteiger partial charge is 0.478 e. The van der Waals surface area contributed by atoms with Gasteiger partial charge in [0.25, 0.3) is 0 Å². The van der Waals surface area contributed by atoms with Gasteiger partial charge < -0.3 is 9.84 Å². The van der Waals surface area contributed by atoms with E-state index in [1.807, 2.05) is 30.3 Å². The van der Waals surface area contributed by atoms with Crippen LogP contribution in [0, 0.1) is 0 Å². The Bertz CT molecular complexity index is 558. The van der Waals surface area contributed by atoms with Gasteiger partial charge in [-0.3, -0.25) is 0 Å². The molecule has 2 aromatic rings. The van der Waals surface area contributed by atoms with Gasteiger partial charge in [0.2, 0.25) is 0 Å². The number of carboxylic acid groups (broad SMARTS) is 1. The van der Waals surface area contributed by atoms with Gasteiger partial charge in [-0.2, -0.15) is 0 Å². The number of aromatic carboxylic acids is 1. The highest BCUT2D eigenvalue weighted by Crippen LogP contribution is 2.21. The molecule has 0 aliphatic carbocycles. The molecule has 0 heterocycles. The van der Waals surface area contributed by atoms with Crippen LogP contribution in [0.2, 0.25) is 0 Å². The van der Waals surface area contributed by atoms with Crippen LogP contribution in [0.5, 0.6) is 0 Å². The summed E-state index contributed by atoms with van der Waals surface area (Å²) in [6, 6.07) is 15.1. The van der Waals surface area contributed by atoms with E-state index in [2.05, 4.69) is 0 Å². The molecule has 19 heavy (non-hydrogen) atoms. The predicted octanol–water partition coefficient (Wildman–Crippen LogP) is 3.24. The lowest BCUT2D eigenvalue weighted by Gasteiger charge is -2.05. The van der Waals surface area contributed by atoms with Crippen LogP contribution in [-0.2, 0) is 11.2 Å². The summed E-state index contributed by atoms with van der Waals surface area (Å²) >= 11 is 0. The van der Waals surface area contributed by atoms with Gasteiger partial charge in [0.15, 0.2) is 0 Å². The summed E-state index contributed by atoms with van der Waals surface area (Å²) in [5, 5.41) is 8.98. The smallest absolute Gasteiger partial charge is 0.335 e. The molecule has 0 atom stereocenters. The fraction of sp³-hybridized carbons (Fsp3) is 0.188. The van der Waals surface area contributed by atoms with Gasteiger partial charge in [0, 0.05) is 7.11 Å². The molecule has 98 valence electrons.